The maximum atomic E-state index is 12.6. The molecule has 25 heavy (non-hydrogen) atoms. The van der Waals surface area contributed by atoms with Gasteiger partial charge in [-0.05, 0) is 25.5 Å². The Morgan fingerprint density at radius 1 is 1.16 bits per heavy atom. The van der Waals surface area contributed by atoms with Gasteiger partial charge in [0.1, 0.15) is 0 Å². The predicted octanol–water partition coefficient (Wildman–Crippen LogP) is 5.82. The highest BCUT2D eigenvalue weighted by molar-refractivity contribution is 6.35. The lowest BCUT2D eigenvalue weighted by molar-refractivity contribution is 0.0502. The van der Waals surface area contributed by atoms with Crippen LogP contribution < -0.4 is 0 Å². The summed E-state index contributed by atoms with van der Waals surface area (Å²) in [7, 11) is 0. The van der Waals surface area contributed by atoms with Crippen LogP contribution in [-0.4, -0.2) is 17.6 Å². The summed E-state index contributed by atoms with van der Waals surface area (Å²) in [5.74, 6) is -0.337. The molecular weight excluding hydrogens is 334 g/mol. The molecule has 1 aromatic heterocycles. The van der Waals surface area contributed by atoms with E-state index in [-0.39, 0.29) is 5.97 Å². The van der Waals surface area contributed by atoms with E-state index >= 15 is 0 Å². The van der Waals surface area contributed by atoms with Crippen molar-refractivity contribution in [2.24, 2.45) is 0 Å². The van der Waals surface area contributed by atoms with Crippen molar-refractivity contribution in [3.63, 3.8) is 0 Å². The van der Waals surface area contributed by atoms with Crippen LogP contribution in [0.15, 0.2) is 48.5 Å². The number of hydrogen-bond donors (Lipinski definition) is 0. The molecule has 0 fully saturated rings. The summed E-state index contributed by atoms with van der Waals surface area (Å²) in [6, 6.07) is 15.3. The third-order valence-electron chi connectivity index (χ3n) is 4.09. The number of carbonyl (C=O) groups excluding carboxylic acids is 1. The minimum absolute atomic E-state index is 0.337. The maximum absolute atomic E-state index is 12.6. The molecule has 0 aliphatic rings. The quantitative estimate of drug-likeness (QED) is 0.428. The first-order valence-electron chi connectivity index (χ1n) is 8.43. The van der Waals surface area contributed by atoms with Crippen LogP contribution in [0.1, 0.15) is 35.7 Å². The van der Waals surface area contributed by atoms with Gasteiger partial charge in [-0.2, -0.15) is 0 Å². The number of halogens is 1. The fraction of sp³-hybridized carbons (Fsp3) is 0.238. The van der Waals surface area contributed by atoms with Gasteiger partial charge < -0.3 is 4.74 Å². The molecule has 0 radical (unpaired) electrons. The normalized spacial score (nSPS) is 10.8. The highest BCUT2D eigenvalue weighted by atomic mass is 35.5. The number of ether oxygens (including phenoxy) is 1. The van der Waals surface area contributed by atoms with E-state index in [0.29, 0.717) is 33.8 Å². The van der Waals surface area contributed by atoms with Crippen molar-refractivity contribution in [3.05, 3.63) is 64.7 Å². The Balaban J connectivity index is 2.12. The Morgan fingerprint density at radius 3 is 2.64 bits per heavy atom. The Hall–Kier alpha value is -2.39. The minimum atomic E-state index is -0.337. The fourth-order valence-electron chi connectivity index (χ4n) is 2.64. The molecule has 1 heterocycles. The second-order valence-corrected chi connectivity index (χ2v) is 6.45. The molecule has 0 unspecified atom stereocenters. The lowest BCUT2D eigenvalue weighted by Crippen LogP contribution is -2.08. The summed E-state index contributed by atoms with van der Waals surface area (Å²) in [5.41, 5.74) is 3.93. The fourth-order valence-corrected chi connectivity index (χ4v) is 2.86. The molecule has 0 aliphatic heterocycles. The third-order valence-corrected chi connectivity index (χ3v) is 4.39. The maximum Gasteiger partial charge on any atom is 0.338 e. The zero-order valence-corrected chi connectivity index (χ0v) is 15.1. The smallest absolute Gasteiger partial charge is 0.338 e. The Kier molecular flexibility index (Phi) is 5.34. The van der Waals surface area contributed by atoms with Gasteiger partial charge in [-0.3, -0.25) is 0 Å². The van der Waals surface area contributed by atoms with E-state index in [4.69, 9.17) is 16.3 Å². The van der Waals surface area contributed by atoms with Crippen LogP contribution in [0.4, 0.5) is 0 Å². The number of para-hydroxylation sites is 1. The SMILES string of the molecule is CCCCOC(=O)c1cc(-c2ccc(C)cc2)nc2c(Cl)cccc12. The van der Waals surface area contributed by atoms with Gasteiger partial charge in [0.05, 0.1) is 28.4 Å². The average Bonchev–Trinajstić information content (AvgIpc) is 2.62. The van der Waals surface area contributed by atoms with Crippen molar-refractivity contribution in [2.75, 3.05) is 6.61 Å². The van der Waals surface area contributed by atoms with Gasteiger partial charge in [0.25, 0.3) is 0 Å². The van der Waals surface area contributed by atoms with E-state index in [2.05, 4.69) is 11.9 Å². The molecule has 0 amide bonds. The number of fused-ring (bicyclic) bond motifs is 1. The molecule has 0 N–H and O–H groups in total. The van der Waals surface area contributed by atoms with E-state index < -0.39 is 0 Å². The molecule has 3 nitrogen and oxygen atoms in total. The molecule has 0 aliphatic carbocycles. The summed E-state index contributed by atoms with van der Waals surface area (Å²) in [6.07, 6.45) is 1.82. The van der Waals surface area contributed by atoms with E-state index in [1.54, 1.807) is 12.1 Å². The molecule has 0 bridgehead atoms. The number of esters is 1. The van der Waals surface area contributed by atoms with E-state index in [9.17, 15) is 4.79 Å². The Bertz CT molecular complexity index is 904. The van der Waals surface area contributed by atoms with Crippen molar-refractivity contribution in [2.45, 2.75) is 26.7 Å². The second kappa shape index (κ2) is 7.66. The zero-order chi connectivity index (χ0) is 17.8. The minimum Gasteiger partial charge on any atom is -0.462 e. The number of aromatic nitrogens is 1. The van der Waals surface area contributed by atoms with Crippen molar-refractivity contribution >= 4 is 28.5 Å². The van der Waals surface area contributed by atoms with Crippen molar-refractivity contribution < 1.29 is 9.53 Å². The molecule has 0 saturated heterocycles. The second-order valence-electron chi connectivity index (χ2n) is 6.05. The summed E-state index contributed by atoms with van der Waals surface area (Å²) >= 11 is 6.33. The number of hydrogen-bond acceptors (Lipinski definition) is 3. The van der Waals surface area contributed by atoms with Gasteiger partial charge in [0.2, 0.25) is 0 Å². The van der Waals surface area contributed by atoms with Crippen LogP contribution in [-0.2, 0) is 4.74 Å². The van der Waals surface area contributed by atoms with Gasteiger partial charge in [-0.15, -0.1) is 0 Å². The Labute approximate surface area is 152 Å². The first kappa shape index (κ1) is 17.4. The summed E-state index contributed by atoms with van der Waals surface area (Å²) < 4.78 is 5.42. The molecule has 2 aromatic carbocycles. The Morgan fingerprint density at radius 2 is 1.92 bits per heavy atom. The number of rotatable bonds is 5. The van der Waals surface area contributed by atoms with Crippen LogP contribution >= 0.6 is 11.6 Å². The van der Waals surface area contributed by atoms with Crippen LogP contribution in [0.5, 0.6) is 0 Å². The molecule has 4 heteroatoms. The summed E-state index contributed by atoms with van der Waals surface area (Å²) in [5, 5.41) is 1.24. The number of unbranched alkanes of at least 4 members (excludes halogenated alkanes) is 1. The monoisotopic (exact) mass is 353 g/mol. The highest BCUT2D eigenvalue weighted by Gasteiger charge is 2.16. The molecule has 0 atom stereocenters. The number of aryl methyl sites for hydroxylation is 1. The molecule has 3 aromatic rings. The molecule has 0 spiro atoms. The molecular formula is C21H20ClNO2. The number of carbonyl (C=O) groups is 1. The van der Waals surface area contributed by atoms with Crippen LogP contribution in [0.3, 0.4) is 0 Å². The van der Waals surface area contributed by atoms with E-state index in [1.165, 1.54) is 5.56 Å². The number of benzene rings is 2. The van der Waals surface area contributed by atoms with Crippen LogP contribution in [0.2, 0.25) is 5.02 Å². The highest BCUT2D eigenvalue weighted by Crippen LogP contribution is 2.29. The van der Waals surface area contributed by atoms with Gasteiger partial charge >= 0.3 is 5.97 Å². The van der Waals surface area contributed by atoms with Gasteiger partial charge in [-0.25, -0.2) is 9.78 Å². The van der Waals surface area contributed by atoms with Crippen LogP contribution in [0, 0.1) is 6.92 Å². The van der Waals surface area contributed by atoms with Crippen molar-refractivity contribution in [3.8, 4) is 11.3 Å². The van der Waals surface area contributed by atoms with Gasteiger partial charge in [0, 0.05) is 10.9 Å². The zero-order valence-electron chi connectivity index (χ0n) is 14.4. The first-order chi connectivity index (χ1) is 12.1. The van der Waals surface area contributed by atoms with Crippen molar-refractivity contribution in [1.29, 1.82) is 0 Å². The third kappa shape index (κ3) is 3.83. The van der Waals surface area contributed by atoms with E-state index in [0.717, 1.165) is 18.4 Å². The number of pyridine rings is 1. The largest absolute Gasteiger partial charge is 0.462 e. The standard InChI is InChI=1S/C21H20ClNO2/c1-3-4-12-25-21(24)17-13-19(15-10-8-14(2)9-11-15)23-20-16(17)6-5-7-18(20)22/h5-11,13H,3-4,12H2,1-2H3. The molecule has 0 saturated carbocycles. The summed E-state index contributed by atoms with van der Waals surface area (Å²) in [6.45, 7) is 4.51. The first-order valence-corrected chi connectivity index (χ1v) is 8.81. The summed E-state index contributed by atoms with van der Waals surface area (Å²) in [4.78, 5) is 17.3. The van der Waals surface area contributed by atoms with Gasteiger partial charge in [0.15, 0.2) is 0 Å². The average molecular weight is 354 g/mol. The topological polar surface area (TPSA) is 39.2 Å². The van der Waals surface area contributed by atoms with E-state index in [1.807, 2.05) is 43.3 Å². The molecule has 128 valence electrons. The lowest BCUT2D eigenvalue weighted by atomic mass is 10.0. The van der Waals surface area contributed by atoms with Crippen LogP contribution in [0.25, 0.3) is 22.2 Å². The molecule has 3 rings (SSSR count). The van der Waals surface area contributed by atoms with Crippen molar-refractivity contribution in [1.82, 2.24) is 4.98 Å². The predicted molar refractivity (Wildman–Crippen MR) is 102 cm³/mol. The lowest BCUT2D eigenvalue weighted by Gasteiger charge is -2.11. The van der Waals surface area contributed by atoms with Gasteiger partial charge in [-0.1, -0.05) is 66.9 Å². The number of nitrogens with zero attached hydrogens (tertiary/aromatic N) is 1.